The molecule has 0 saturated heterocycles. The summed E-state index contributed by atoms with van der Waals surface area (Å²) in [6.07, 6.45) is 0. The van der Waals surface area contributed by atoms with Crippen LogP contribution in [0.4, 0.5) is 0 Å². The third kappa shape index (κ3) is 2.25. The Balaban J connectivity index is 2.27. The molecule has 1 nitrogen and oxygen atoms in total. The first-order chi connectivity index (χ1) is 7.31. The van der Waals surface area contributed by atoms with Gasteiger partial charge in [0.15, 0.2) is 0 Å². The molecule has 1 aromatic carbocycles. The van der Waals surface area contributed by atoms with Gasteiger partial charge in [-0.1, -0.05) is 12.2 Å². The van der Waals surface area contributed by atoms with Crippen molar-refractivity contribution in [3.05, 3.63) is 52.2 Å². The van der Waals surface area contributed by atoms with Crippen LogP contribution in [0.1, 0.15) is 11.1 Å². The van der Waals surface area contributed by atoms with Crippen molar-refractivity contribution in [3.63, 3.8) is 0 Å². The molecule has 2 aromatic rings. The summed E-state index contributed by atoms with van der Waals surface area (Å²) in [5, 5.41) is 4.09. The zero-order valence-electron chi connectivity index (χ0n) is 8.27. The van der Waals surface area contributed by atoms with Gasteiger partial charge in [0.1, 0.15) is 5.75 Å². The molecule has 3 heteroatoms. The Hall–Kier alpha value is -1.19. The number of benzene rings is 1. The summed E-state index contributed by atoms with van der Waals surface area (Å²) < 4.78 is 5.10. The molecule has 0 N–H and O–H groups in total. The quantitative estimate of drug-likeness (QED) is 0.593. The number of hydrogen-bond acceptors (Lipinski definition) is 3. The van der Waals surface area contributed by atoms with Gasteiger partial charge in [0, 0.05) is 5.56 Å². The van der Waals surface area contributed by atoms with Crippen molar-refractivity contribution >= 4 is 28.4 Å². The molecule has 76 valence electrons. The molecule has 0 radical (unpaired) electrons. The molecule has 0 unspecified atom stereocenters. The molecule has 0 atom stereocenters. The average molecular weight is 234 g/mol. The highest BCUT2D eigenvalue weighted by Crippen LogP contribution is 2.17. The van der Waals surface area contributed by atoms with Gasteiger partial charge < -0.3 is 4.74 Å². The number of thiocarbonyl (C=S) groups is 1. The van der Waals surface area contributed by atoms with Gasteiger partial charge in [-0.15, -0.1) is 0 Å². The lowest BCUT2D eigenvalue weighted by molar-refractivity contribution is 0.415. The van der Waals surface area contributed by atoms with E-state index in [4.69, 9.17) is 17.0 Å². The molecule has 0 spiro atoms. The summed E-state index contributed by atoms with van der Waals surface area (Å²) in [4.78, 5) is 0.888. The second kappa shape index (κ2) is 4.55. The van der Waals surface area contributed by atoms with Gasteiger partial charge in [-0.25, -0.2) is 0 Å². The van der Waals surface area contributed by atoms with Crippen molar-refractivity contribution < 1.29 is 4.74 Å². The minimum absolute atomic E-state index is 0.854. The summed E-state index contributed by atoms with van der Waals surface area (Å²) in [5.41, 5.74) is 2.17. The molecular weight excluding hydrogens is 224 g/mol. The Morgan fingerprint density at radius 1 is 1.13 bits per heavy atom. The Morgan fingerprint density at radius 2 is 1.87 bits per heavy atom. The predicted octanol–water partition coefficient (Wildman–Crippen LogP) is 3.52. The summed E-state index contributed by atoms with van der Waals surface area (Å²) in [5.74, 6) is 0.854. The number of thiophene rings is 1. The fourth-order valence-electron chi connectivity index (χ4n) is 1.30. The lowest BCUT2D eigenvalue weighted by Gasteiger charge is -2.03. The number of hydrogen-bond donors (Lipinski definition) is 0. The summed E-state index contributed by atoms with van der Waals surface area (Å²) >= 11 is 7.04. The monoisotopic (exact) mass is 234 g/mol. The molecule has 0 bridgehead atoms. The standard InChI is InChI=1S/C12H10OS2/c1-13-11-4-2-9(3-5-11)12(14)10-6-7-15-8-10/h2-8H,1H3. The molecule has 0 amide bonds. The van der Waals surface area contributed by atoms with E-state index in [-0.39, 0.29) is 0 Å². The Labute approximate surface area is 98.3 Å². The van der Waals surface area contributed by atoms with Gasteiger partial charge in [-0.05, 0) is 46.7 Å². The van der Waals surface area contributed by atoms with Crippen LogP contribution in [0.15, 0.2) is 41.1 Å². The summed E-state index contributed by atoms with van der Waals surface area (Å²) in [6.45, 7) is 0. The van der Waals surface area contributed by atoms with Crippen molar-refractivity contribution in [1.82, 2.24) is 0 Å². The van der Waals surface area contributed by atoms with Gasteiger partial charge >= 0.3 is 0 Å². The fraction of sp³-hybridized carbons (Fsp3) is 0.0833. The second-order valence-electron chi connectivity index (χ2n) is 3.07. The maximum atomic E-state index is 5.39. The van der Waals surface area contributed by atoms with E-state index in [1.807, 2.05) is 35.7 Å². The van der Waals surface area contributed by atoms with E-state index in [0.29, 0.717) is 0 Å². The molecule has 1 heterocycles. The largest absolute Gasteiger partial charge is 0.497 e. The van der Waals surface area contributed by atoms with E-state index >= 15 is 0 Å². The van der Waals surface area contributed by atoms with E-state index < -0.39 is 0 Å². The van der Waals surface area contributed by atoms with Crippen molar-refractivity contribution in [1.29, 1.82) is 0 Å². The van der Waals surface area contributed by atoms with Crippen LogP contribution >= 0.6 is 23.6 Å². The lowest BCUT2D eigenvalue weighted by Crippen LogP contribution is -1.97. The second-order valence-corrected chi connectivity index (χ2v) is 4.26. The molecule has 15 heavy (non-hydrogen) atoms. The molecule has 2 rings (SSSR count). The van der Waals surface area contributed by atoms with Gasteiger partial charge in [0.25, 0.3) is 0 Å². The van der Waals surface area contributed by atoms with Crippen molar-refractivity contribution in [2.24, 2.45) is 0 Å². The first-order valence-corrected chi connectivity index (χ1v) is 5.87. The van der Waals surface area contributed by atoms with Crippen molar-refractivity contribution in [2.75, 3.05) is 7.11 Å². The smallest absolute Gasteiger partial charge is 0.118 e. The Kier molecular flexibility index (Phi) is 3.14. The molecule has 0 saturated carbocycles. The molecular formula is C12H10OS2. The van der Waals surface area contributed by atoms with Crippen LogP contribution in [0.25, 0.3) is 0 Å². The number of methoxy groups -OCH3 is 1. The molecule has 1 aromatic heterocycles. The van der Waals surface area contributed by atoms with E-state index in [2.05, 4.69) is 5.38 Å². The fourth-order valence-corrected chi connectivity index (χ4v) is 2.29. The first-order valence-electron chi connectivity index (χ1n) is 4.52. The minimum Gasteiger partial charge on any atom is -0.497 e. The van der Waals surface area contributed by atoms with Gasteiger partial charge in [0.2, 0.25) is 0 Å². The molecule has 0 aliphatic carbocycles. The zero-order chi connectivity index (χ0) is 10.7. The van der Waals surface area contributed by atoms with Crippen LogP contribution in [0, 0.1) is 0 Å². The third-order valence-corrected chi connectivity index (χ3v) is 3.29. The topological polar surface area (TPSA) is 9.23 Å². The van der Waals surface area contributed by atoms with E-state index in [0.717, 1.165) is 21.7 Å². The Morgan fingerprint density at radius 3 is 2.40 bits per heavy atom. The van der Waals surface area contributed by atoms with Crippen molar-refractivity contribution in [3.8, 4) is 5.75 Å². The van der Waals surface area contributed by atoms with E-state index in [1.54, 1.807) is 18.4 Å². The Bertz CT molecular complexity index is 443. The normalized spacial score (nSPS) is 9.93. The number of rotatable bonds is 3. The summed E-state index contributed by atoms with van der Waals surface area (Å²) in [7, 11) is 1.66. The predicted molar refractivity (Wildman–Crippen MR) is 68.1 cm³/mol. The van der Waals surface area contributed by atoms with Crippen LogP contribution in [0.3, 0.4) is 0 Å². The first kappa shape index (κ1) is 10.3. The highest BCUT2D eigenvalue weighted by Gasteiger charge is 2.04. The highest BCUT2D eigenvalue weighted by molar-refractivity contribution is 7.81. The van der Waals surface area contributed by atoms with Crippen LogP contribution in [-0.2, 0) is 0 Å². The van der Waals surface area contributed by atoms with Crippen molar-refractivity contribution in [2.45, 2.75) is 0 Å². The van der Waals surface area contributed by atoms with Gasteiger partial charge in [-0.3, -0.25) is 0 Å². The molecule has 0 aliphatic rings. The number of ether oxygens (including phenoxy) is 1. The molecule has 0 aliphatic heterocycles. The van der Waals surface area contributed by atoms with E-state index in [9.17, 15) is 0 Å². The van der Waals surface area contributed by atoms with E-state index in [1.165, 1.54) is 0 Å². The SMILES string of the molecule is COc1ccc(C(=S)c2ccsc2)cc1. The zero-order valence-corrected chi connectivity index (χ0v) is 9.90. The molecule has 0 fully saturated rings. The minimum atomic E-state index is 0.854. The van der Waals surface area contributed by atoms with Crippen LogP contribution < -0.4 is 4.74 Å². The van der Waals surface area contributed by atoms with Crippen LogP contribution in [0.2, 0.25) is 0 Å². The highest BCUT2D eigenvalue weighted by atomic mass is 32.1. The van der Waals surface area contributed by atoms with Crippen LogP contribution in [0.5, 0.6) is 5.75 Å². The van der Waals surface area contributed by atoms with Gasteiger partial charge in [0.05, 0.1) is 12.0 Å². The summed E-state index contributed by atoms with van der Waals surface area (Å²) in [6, 6.07) is 9.86. The third-order valence-electron chi connectivity index (χ3n) is 2.14. The lowest BCUT2D eigenvalue weighted by atomic mass is 10.1. The maximum Gasteiger partial charge on any atom is 0.118 e. The van der Waals surface area contributed by atoms with Crippen LogP contribution in [-0.4, -0.2) is 12.0 Å². The average Bonchev–Trinajstić information content (AvgIpc) is 2.82. The maximum absolute atomic E-state index is 5.39. The van der Waals surface area contributed by atoms with Gasteiger partial charge in [-0.2, -0.15) is 11.3 Å².